The van der Waals surface area contributed by atoms with Crippen molar-refractivity contribution in [2.75, 3.05) is 32.8 Å². The molecule has 0 saturated carbocycles. The first-order chi connectivity index (χ1) is 17.2. The van der Waals surface area contributed by atoms with Gasteiger partial charge in [0.05, 0.1) is 29.7 Å². The number of hydrogen-bond donors (Lipinski definition) is 0. The quantitative estimate of drug-likeness (QED) is 0.428. The van der Waals surface area contributed by atoms with Crippen LogP contribution in [0.2, 0.25) is 4.34 Å². The Labute approximate surface area is 216 Å². The van der Waals surface area contributed by atoms with E-state index in [9.17, 15) is 22.8 Å². The number of thiophene rings is 1. The smallest absolute Gasteiger partial charge is 0.409 e. The van der Waals surface area contributed by atoms with Crippen LogP contribution in [0.4, 0.5) is 18.0 Å². The molecule has 3 aromatic heterocycles. The van der Waals surface area contributed by atoms with Gasteiger partial charge in [-0.2, -0.15) is 17.9 Å². The van der Waals surface area contributed by atoms with Crippen molar-refractivity contribution in [2.45, 2.75) is 29.0 Å². The van der Waals surface area contributed by atoms with E-state index in [1.54, 1.807) is 6.07 Å². The molecular weight excluding hydrogens is 543 g/mol. The molecule has 0 bridgehead atoms. The van der Waals surface area contributed by atoms with Gasteiger partial charge in [-0.1, -0.05) is 23.4 Å². The maximum absolute atomic E-state index is 14.1. The molecule has 0 aliphatic carbocycles. The van der Waals surface area contributed by atoms with Crippen molar-refractivity contribution in [2.24, 2.45) is 0 Å². The zero-order valence-corrected chi connectivity index (χ0v) is 20.9. The lowest BCUT2D eigenvalue weighted by atomic mass is 9.87. The third kappa shape index (κ3) is 4.99. The molecule has 15 heteroatoms. The molecular formula is C21H19ClF3N5O4S2. The van der Waals surface area contributed by atoms with Crippen molar-refractivity contribution >= 4 is 46.6 Å². The van der Waals surface area contributed by atoms with Crippen LogP contribution in [0.5, 0.6) is 0 Å². The number of likely N-dealkylation sites (tertiary alicyclic amines) is 1. The average Bonchev–Trinajstić information content (AvgIpc) is 3.57. The number of furan rings is 1. The van der Waals surface area contributed by atoms with Crippen LogP contribution >= 0.6 is 34.7 Å². The first-order valence-electron chi connectivity index (χ1n) is 10.8. The van der Waals surface area contributed by atoms with Crippen molar-refractivity contribution in [3.63, 3.8) is 0 Å². The number of carbonyl (C=O) groups excluding carboxylic acids is 2. The van der Waals surface area contributed by atoms with Crippen LogP contribution in [0, 0.1) is 0 Å². The van der Waals surface area contributed by atoms with E-state index >= 15 is 0 Å². The maximum atomic E-state index is 14.1. The number of halogens is 4. The standard InChI is InChI=1S/C21H19ClF3N5O4S2/c22-15-4-3-12(36-15)11-35-19-26-17(27-30(19)18(31)14-2-1-7-34-14)13-10-29(16(13)21(23,24)25)20(32)28-5-8-33-9-6-28/h1-4,7,13,16H,5-6,8-11H2. The fraction of sp³-hybridized carbons (Fsp3) is 0.429. The van der Waals surface area contributed by atoms with Crippen molar-refractivity contribution in [3.8, 4) is 0 Å². The van der Waals surface area contributed by atoms with Crippen LogP contribution in [-0.2, 0) is 10.5 Å². The van der Waals surface area contributed by atoms with Gasteiger partial charge in [0.2, 0.25) is 0 Å². The number of amides is 2. The van der Waals surface area contributed by atoms with Crippen molar-refractivity contribution in [1.82, 2.24) is 24.6 Å². The summed E-state index contributed by atoms with van der Waals surface area (Å²) in [7, 11) is 0. The Hall–Kier alpha value is -2.55. The number of aromatic nitrogens is 3. The number of ether oxygens (including phenoxy) is 1. The van der Waals surface area contributed by atoms with E-state index < -0.39 is 30.1 Å². The minimum atomic E-state index is -4.71. The lowest BCUT2D eigenvalue weighted by molar-refractivity contribution is -0.209. The second-order valence-corrected chi connectivity index (χ2v) is 10.8. The van der Waals surface area contributed by atoms with Gasteiger partial charge in [0.25, 0.3) is 0 Å². The van der Waals surface area contributed by atoms with Gasteiger partial charge < -0.3 is 19.0 Å². The first-order valence-corrected chi connectivity index (χ1v) is 13.0. The summed E-state index contributed by atoms with van der Waals surface area (Å²) in [5, 5.41) is 4.28. The van der Waals surface area contributed by atoms with E-state index in [-0.39, 0.29) is 49.6 Å². The molecule has 5 rings (SSSR count). The lowest BCUT2D eigenvalue weighted by Crippen LogP contribution is -2.66. The topological polar surface area (TPSA) is 93.7 Å². The molecule has 9 nitrogen and oxygen atoms in total. The van der Waals surface area contributed by atoms with Crippen LogP contribution in [0.1, 0.15) is 27.2 Å². The maximum Gasteiger partial charge on any atom is 0.409 e. The van der Waals surface area contributed by atoms with Crippen LogP contribution in [0.3, 0.4) is 0 Å². The highest BCUT2D eigenvalue weighted by atomic mass is 35.5. The first kappa shape index (κ1) is 25.1. The number of carbonyl (C=O) groups is 2. The zero-order chi connectivity index (χ0) is 25.4. The molecule has 0 aromatic carbocycles. The highest BCUT2D eigenvalue weighted by Crippen LogP contribution is 2.44. The fourth-order valence-electron chi connectivity index (χ4n) is 4.03. The summed E-state index contributed by atoms with van der Waals surface area (Å²) in [5.74, 6) is -1.67. The monoisotopic (exact) mass is 561 g/mol. The second-order valence-electron chi connectivity index (χ2n) is 8.07. The van der Waals surface area contributed by atoms with Crippen molar-refractivity contribution < 1.29 is 31.9 Å². The molecule has 192 valence electrons. The molecule has 2 unspecified atom stereocenters. The molecule has 36 heavy (non-hydrogen) atoms. The van der Waals surface area contributed by atoms with Gasteiger partial charge in [0, 0.05) is 30.3 Å². The number of nitrogens with zero attached hydrogens (tertiary/aromatic N) is 5. The summed E-state index contributed by atoms with van der Waals surface area (Å²) < 4.78 is 54.1. The second kappa shape index (κ2) is 10.1. The number of hydrogen-bond acceptors (Lipinski definition) is 8. The van der Waals surface area contributed by atoms with Crippen LogP contribution in [0.25, 0.3) is 0 Å². The summed E-state index contributed by atoms with van der Waals surface area (Å²) in [6.45, 7) is 0.780. The summed E-state index contributed by atoms with van der Waals surface area (Å²) in [4.78, 5) is 33.1. The Morgan fingerprint density at radius 1 is 1.22 bits per heavy atom. The number of urea groups is 1. The summed E-state index contributed by atoms with van der Waals surface area (Å²) in [5.41, 5.74) is 0. The fourth-order valence-corrected chi connectivity index (χ4v) is 6.10. The molecule has 2 amide bonds. The number of morpholine rings is 1. The van der Waals surface area contributed by atoms with Crippen LogP contribution in [-0.4, -0.2) is 81.6 Å². The largest absolute Gasteiger partial charge is 0.459 e. The van der Waals surface area contributed by atoms with Crippen molar-refractivity contribution in [3.05, 3.63) is 51.3 Å². The van der Waals surface area contributed by atoms with Gasteiger partial charge in [0.15, 0.2) is 16.7 Å². The Balaban J connectivity index is 1.42. The van der Waals surface area contributed by atoms with E-state index in [0.717, 1.165) is 26.2 Å². The summed E-state index contributed by atoms with van der Waals surface area (Å²) >= 11 is 8.47. The predicted molar refractivity (Wildman–Crippen MR) is 124 cm³/mol. The summed E-state index contributed by atoms with van der Waals surface area (Å²) in [6.07, 6.45) is -3.39. The Kier molecular flexibility index (Phi) is 7.03. The zero-order valence-electron chi connectivity index (χ0n) is 18.5. The van der Waals surface area contributed by atoms with Gasteiger partial charge in [-0.15, -0.1) is 16.4 Å². The van der Waals surface area contributed by atoms with Gasteiger partial charge in [-0.25, -0.2) is 9.78 Å². The molecule has 3 aromatic rings. The van der Waals surface area contributed by atoms with E-state index in [0.29, 0.717) is 10.1 Å². The Bertz CT molecular complexity index is 1240. The highest BCUT2D eigenvalue weighted by molar-refractivity contribution is 7.98. The van der Waals surface area contributed by atoms with E-state index in [1.807, 2.05) is 6.07 Å². The van der Waals surface area contributed by atoms with E-state index in [2.05, 4.69) is 10.1 Å². The minimum absolute atomic E-state index is 0.0300. The number of alkyl halides is 3. The molecule has 0 radical (unpaired) electrons. The molecule has 2 aliphatic heterocycles. The van der Waals surface area contributed by atoms with Gasteiger partial charge in [-0.05, 0) is 24.3 Å². The minimum Gasteiger partial charge on any atom is -0.459 e. The van der Waals surface area contributed by atoms with Gasteiger partial charge in [-0.3, -0.25) is 4.79 Å². The molecule has 2 saturated heterocycles. The SMILES string of the molecule is O=C(N1CCOCC1)N1CC(c2nc(SCc3ccc(Cl)s3)n(C(=O)c3ccco3)n2)C1C(F)(F)F. The van der Waals surface area contributed by atoms with Crippen molar-refractivity contribution in [1.29, 1.82) is 0 Å². The molecule has 5 heterocycles. The third-order valence-electron chi connectivity index (χ3n) is 5.80. The molecule has 2 aliphatic rings. The molecule has 0 spiro atoms. The van der Waals surface area contributed by atoms with Crippen LogP contribution in [0.15, 0.2) is 40.1 Å². The van der Waals surface area contributed by atoms with Crippen LogP contribution < -0.4 is 0 Å². The predicted octanol–water partition coefficient (Wildman–Crippen LogP) is 4.35. The Morgan fingerprint density at radius 2 is 2.00 bits per heavy atom. The Morgan fingerprint density at radius 3 is 2.64 bits per heavy atom. The normalized spacial score (nSPS) is 20.4. The third-order valence-corrected chi connectivity index (χ3v) is 8.19. The average molecular weight is 562 g/mol. The van der Waals surface area contributed by atoms with E-state index in [1.165, 1.54) is 34.6 Å². The highest BCUT2D eigenvalue weighted by Gasteiger charge is 2.59. The lowest BCUT2D eigenvalue weighted by Gasteiger charge is -2.49. The van der Waals surface area contributed by atoms with E-state index in [4.69, 9.17) is 20.8 Å². The molecule has 2 atom stereocenters. The summed E-state index contributed by atoms with van der Waals surface area (Å²) in [6, 6.07) is 3.70. The number of rotatable bonds is 5. The van der Waals surface area contributed by atoms with Gasteiger partial charge in [0.1, 0.15) is 6.04 Å². The molecule has 0 N–H and O–H groups in total. The van der Waals surface area contributed by atoms with Gasteiger partial charge >= 0.3 is 18.1 Å². The number of thioether (sulfide) groups is 1. The molecule has 2 fully saturated rings.